The van der Waals surface area contributed by atoms with Crippen molar-refractivity contribution in [2.24, 2.45) is 0 Å². The van der Waals surface area contributed by atoms with Gasteiger partial charge in [-0.2, -0.15) is 0 Å². The van der Waals surface area contributed by atoms with Gasteiger partial charge < -0.3 is 20.1 Å². The molecule has 1 saturated heterocycles. The minimum atomic E-state index is 0.126. The third-order valence-electron chi connectivity index (χ3n) is 4.65. The van der Waals surface area contributed by atoms with Crippen molar-refractivity contribution < 1.29 is 9.84 Å². The highest BCUT2D eigenvalue weighted by molar-refractivity contribution is 5.59. The van der Waals surface area contributed by atoms with Gasteiger partial charge in [0.15, 0.2) is 0 Å². The summed E-state index contributed by atoms with van der Waals surface area (Å²) in [4.78, 5) is 10.8. The van der Waals surface area contributed by atoms with Gasteiger partial charge in [0.05, 0.1) is 12.6 Å². The molecule has 0 radical (unpaired) electrons. The maximum absolute atomic E-state index is 9.62. The van der Waals surface area contributed by atoms with Crippen LogP contribution in [-0.2, 0) is 0 Å². The largest absolute Gasteiger partial charge is 0.437 e. The van der Waals surface area contributed by atoms with Crippen LogP contribution >= 0.6 is 0 Å². The number of nitrogens with zero attached hydrogens (tertiary/aromatic N) is 3. The van der Waals surface area contributed by atoms with Crippen LogP contribution in [0.4, 0.5) is 17.2 Å². The lowest BCUT2D eigenvalue weighted by Crippen LogP contribution is -2.32. The van der Waals surface area contributed by atoms with E-state index in [4.69, 9.17) is 4.74 Å². The summed E-state index contributed by atoms with van der Waals surface area (Å²) in [5.41, 5.74) is 1.85. The van der Waals surface area contributed by atoms with Crippen LogP contribution in [0.2, 0.25) is 0 Å². The summed E-state index contributed by atoms with van der Waals surface area (Å²) < 4.78 is 6.04. The molecule has 27 heavy (non-hydrogen) atoms. The van der Waals surface area contributed by atoms with Crippen molar-refractivity contribution in [2.75, 3.05) is 23.4 Å². The molecule has 0 saturated carbocycles. The molecule has 2 aromatic heterocycles. The minimum Gasteiger partial charge on any atom is -0.437 e. The van der Waals surface area contributed by atoms with E-state index in [0.717, 1.165) is 36.6 Å². The van der Waals surface area contributed by atoms with Crippen LogP contribution < -0.4 is 15.0 Å². The van der Waals surface area contributed by atoms with Gasteiger partial charge in [0.2, 0.25) is 5.88 Å². The normalized spacial score (nSPS) is 16.3. The third-order valence-corrected chi connectivity index (χ3v) is 4.65. The first-order chi connectivity index (χ1) is 13.3. The number of pyridine rings is 2. The summed E-state index contributed by atoms with van der Waals surface area (Å²) in [5, 5.41) is 12.9. The van der Waals surface area contributed by atoms with Crippen LogP contribution in [0.25, 0.3) is 0 Å². The van der Waals surface area contributed by atoms with E-state index in [-0.39, 0.29) is 12.6 Å². The Balaban J connectivity index is 1.50. The summed E-state index contributed by atoms with van der Waals surface area (Å²) >= 11 is 0. The monoisotopic (exact) mass is 362 g/mol. The van der Waals surface area contributed by atoms with Crippen LogP contribution in [0.3, 0.4) is 0 Å². The maximum atomic E-state index is 9.62. The summed E-state index contributed by atoms with van der Waals surface area (Å²) in [6, 6.07) is 17.4. The predicted octanol–water partition coefficient (Wildman–Crippen LogP) is 3.97. The molecule has 1 aliphatic rings. The molecule has 138 valence electrons. The number of nitrogens with one attached hydrogen (secondary N) is 1. The Kier molecular flexibility index (Phi) is 5.16. The molecule has 3 aromatic rings. The van der Waals surface area contributed by atoms with E-state index in [0.29, 0.717) is 11.6 Å². The number of hydrogen-bond acceptors (Lipinski definition) is 6. The maximum Gasteiger partial charge on any atom is 0.243 e. The zero-order valence-electron chi connectivity index (χ0n) is 15.0. The molecule has 3 heterocycles. The molecule has 6 heteroatoms. The van der Waals surface area contributed by atoms with E-state index < -0.39 is 0 Å². The van der Waals surface area contributed by atoms with Crippen LogP contribution in [0.1, 0.15) is 12.8 Å². The quantitative estimate of drug-likeness (QED) is 0.691. The lowest BCUT2D eigenvalue weighted by Gasteiger charge is -2.26. The third kappa shape index (κ3) is 4.01. The van der Waals surface area contributed by atoms with Crippen molar-refractivity contribution in [1.82, 2.24) is 9.97 Å². The SMILES string of the molecule is OC[C@H]1CCCN1c1cccnc1Oc1ccc(Nc2ccccn2)cc1. The number of aliphatic hydroxyl groups excluding tert-OH is 1. The number of benzene rings is 1. The van der Waals surface area contributed by atoms with Crippen molar-refractivity contribution in [3.63, 3.8) is 0 Å². The standard InChI is InChI=1S/C21H22N4O2/c26-15-17-5-4-14-25(17)19-6-3-13-23-21(19)27-18-10-8-16(9-11-18)24-20-7-1-2-12-22-20/h1-3,6-13,17,26H,4-5,14-15H2,(H,22,24)/t17-/m1/s1. The predicted molar refractivity (Wildman–Crippen MR) is 106 cm³/mol. The van der Waals surface area contributed by atoms with Gasteiger partial charge in [-0.3, -0.25) is 0 Å². The van der Waals surface area contributed by atoms with Gasteiger partial charge in [0.1, 0.15) is 17.3 Å². The smallest absolute Gasteiger partial charge is 0.243 e. The average molecular weight is 362 g/mol. The van der Waals surface area contributed by atoms with Crippen LogP contribution in [0.5, 0.6) is 11.6 Å². The minimum absolute atomic E-state index is 0.126. The first-order valence-electron chi connectivity index (χ1n) is 9.12. The zero-order chi connectivity index (χ0) is 18.5. The zero-order valence-corrected chi connectivity index (χ0v) is 15.0. The molecule has 0 aliphatic carbocycles. The van der Waals surface area contributed by atoms with Crippen LogP contribution in [0.15, 0.2) is 67.0 Å². The second kappa shape index (κ2) is 8.05. The Morgan fingerprint density at radius 1 is 1.04 bits per heavy atom. The van der Waals surface area contributed by atoms with Gasteiger partial charge in [-0.1, -0.05) is 6.07 Å². The van der Waals surface area contributed by atoms with E-state index in [9.17, 15) is 5.11 Å². The van der Waals surface area contributed by atoms with Gasteiger partial charge in [-0.15, -0.1) is 0 Å². The Labute approximate surface area is 158 Å². The van der Waals surface area contributed by atoms with E-state index in [2.05, 4.69) is 20.2 Å². The lowest BCUT2D eigenvalue weighted by atomic mass is 10.2. The molecule has 2 N–H and O–H groups in total. The fourth-order valence-corrected chi connectivity index (χ4v) is 3.32. The number of aromatic nitrogens is 2. The van der Waals surface area contributed by atoms with Crippen molar-refractivity contribution >= 4 is 17.2 Å². The van der Waals surface area contributed by atoms with Crippen molar-refractivity contribution in [1.29, 1.82) is 0 Å². The first kappa shape index (κ1) is 17.3. The molecule has 0 amide bonds. The van der Waals surface area contributed by atoms with Gasteiger partial charge >= 0.3 is 0 Å². The number of aliphatic hydroxyl groups is 1. The van der Waals surface area contributed by atoms with E-state index in [1.807, 2.05) is 54.6 Å². The molecule has 0 spiro atoms. The van der Waals surface area contributed by atoms with Gasteiger partial charge in [0, 0.05) is 24.6 Å². The number of ether oxygens (including phenoxy) is 1. The summed E-state index contributed by atoms with van der Waals surface area (Å²) in [7, 11) is 0. The van der Waals surface area contributed by atoms with E-state index >= 15 is 0 Å². The molecular formula is C21H22N4O2. The number of anilines is 3. The van der Waals surface area contributed by atoms with Gasteiger partial charge in [0.25, 0.3) is 0 Å². The Morgan fingerprint density at radius 3 is 2.67 bits per heavy atom. The van der Waals surface area contributed by atoms with Gasteiger partial charge in [-0.25, -0.2) is 9.97 Å². The highest BCUT2D eigenvalue weighted by Gasteiger charge is 2.26. The van der Waals surface area contributed by atoms with Gasteiger partial charge in [-0.05, 0) is 61.4 Å². The molecule has 1 aliphatic heterocycles. The number of hydrogen-bond donors (Lipinski definition) is 2. The van der Waals surface area contributed by atoms with E-state index in [1.54, 1.807) is 12.4 Å². The topological polar surface area (TPSA) is 70.5 Å². The van der Waals surface area contributed by atoms with Crippen molar-refractivity contribution in [3.8, 4) is 11.6 Å². The fourth-order valence-electron chi connectivity index (χ4n) is 3.32. The fraction of sp³-hybridized carbons (Fsp3) is 0.238. The summed E-state index contributed by atoms with van der Waals surface area (Å²) in [6.45, 7) is 1.04. The van der Waals surface area contributed by atoms with Crippen molar-refractivity contribution in [2.45, 2.75) is 18.9 Å². The second-order valence-electron chi connectivity index (χ2n) is 6.47. The highest BCUT2D eigenvalue weighted by atomic mass is 16.5. The highest BCUT2D eigenvalue weighted by Crippen LogP contribution is 2.34. The van der Waals surface area contributed by atoms with E-state index in [1.165, 1.54) is 0 Å². The molecule has 6 nitrogen and oxygen atoms in total. The molecule has 1 atom stereocenters. The molecule has 4 rings (SSSR count). The Morgan fingerprint density at radius 2 is 1.89 bits per heavy atom. The molecule has 1 fully saturated rings. The number of rotatable bonds is 6. The van der Waals surface area contributed by atoms with Crippen molar-refractivity contribution in [3.05, 3.63) is 67.0 Å². The molecule has 1 aromatic carbocycles. The Hall–Kier alpha value is -3.12. The van der Waals surface area contributed by atoms with Crippen LogP contribution in [0, 0.1) is 0 Å². The molecule has 0 unspecified atom stereocenters. The van der Waals surface area contributed by atoms with Crippen LogP contribution in [-0.4, -0.2) is 34.3 Å². The lowest BCUT2D eigenvalue weighted by molar-refractivity contribution is 0.266. The average Bonchev–Trinajstić information content (AvgIpc) is 3.19. The Bertz CT molecular complexity index is 871. The molecular weight excluding hydrogens is 340 g/mol. The second-order valence-corrected chi connectivity index (χ2v) is 6.47. The first-order valence-corrected chi connectivity index (χ1v) is 9.12. The summed E-state index contributed by atoms with van der Waals surface area (Å²) in [6.07, 6.45) is 5.52. The summed E-state index contributed by atoms with van der Waals surface area (Å²) in [5.74, 6) is 2.06. The molecule has 0 bridgehead atoms.